The SMILES string of the molecule is CC(C)c1cc2c(o1)C(N)C(C)CC2. The molecule has 2 atom stereocenters. The van der Waals surface area contributed by atoms with Gasteiger partial charge in [-0.15, -0.1) is 0 Å². The van der Waals surface area contributed by atoms with Crippen molar-refractivity contribution in [2.75, 3.05) is 0 Å². The molecule has 2 N–H and O–H groups in total. The molecule has 0 amide bonds. The first-order chi connectivity index (χ1) is 6.59. The Labute approximate surface area is 85.5 Å². The van der Waals surface area contributed by atoms with Crippen LogP contribution in [0.1, 0.15) is 56.2 Å². The van der Waals surface area contributed by atoms with E-state index in [-0.39, 0.29) is 6.04 Å². The molecule has 1 aliphatic carbocycles. The zero-order valence-electron chi connectivity index (χ0n) is 9.21. The minimum atomic E-state index is 0.103. The summed E-state index contributed by atoms with van der Waals surface area (Å²) < 4.78 is 5.83. The van der Waals surface area contributed by atoms with Gasteiger partial charge in [-0.3, -0.25) is 0 Å². The maximum Gasteiger partial charge on any atom is 0.124 e. The molecule has 0 bridgehead atoms. The molecular formula is C12H19NO. The largest absolute Gasteiger partial charge is 0.464 e. The van der Waals surface area contributed by atoms with E-state index < -0.39 is 0 Å². The highest BCUT2D eigenvalue weighted by Crippen LogP contribution is 2.36. The van der Waals surface area contributed by atoms with E-state index in [2.05, 4.69) is 26.8 Å². The third-order valence-electron chi connectivity index (χ3n) is 3.21. The van der Waals surface area contributed by atoms with E-state index >= 15 is 0 Å². The van der Waals surface area contributed by atoms with E-state index in [0.717, 1.165) is 17.9 Å². The van der Waals surface area contributed by atoms with Crippen molar-refractivity contribution in [1.29, 1.82) is 0 Å². The molecule has 1 aromatic heterocycles. The van der Waals surface area contributed by atoms with Crippen LogP contribution in [0.25, 0.3) is 0 Å². The van der Waals surface area contributed by atoms with Gasteiger partial charge in [-0.25, -0.2) is 0 Å². The monoisotopic (exact) mass is 193 g/mol. The molecule has 14 heavy (non-hydrogen) atoms. The molecule has 0 saturated heterocycles. The minimum absolute atomic E-state index is 0.103. The van der Waals surface area contributed by atoms with Gasteiger partial charge in [0.05, 0.1) is 6.04 Å². The third-order valence-corrected chi connectivity index (χ3v) is 3.21. The van der Waals surface area contributed by atoms with Crippen molar-refractivity contribution in [3.8, 4) is 0 Å². The Morgan fingerprint density at radius 1 is 1.50 bits per heavy atom. The van der Waals surface area contributed by atoms with Gasteiger partial charge in [-0.2, -0.15) is 0 Å². The Morgan fingerprint density at radius 3 is 2.86 bits per heavy atom. The molecule has 2 unspecified atom stereocenters. The molecule has 1 aromatic rings. The van der Waals surface area contributed by atoms with Crippen LogP contribution in [0.3, 0.4) is 0 Å². The van der Waals surface area contributed by atoms with Crippen LogP contribution in [0.5, 0.6) is 0 Å². The second kappa shape index (κ2) is 3.43. The zero-order valence-corrected chi connectivity index (χ0v) is 9.21. The third kappa shape index (κ3) is 1.48. The number of nitrogens with two attached hydrogens (primary N) is 1. The number of furan rings is 1. The maximum absolute atomic E-state index is 6.11. The molecule has 2 heteroatoms. The van der Waals surface area contributed by atoms with Crippen molar-refractivity contribution in [3.63, 3.8) is 0 Å². The summed E-state index contributed by atoms with van der Waals surface area (Å²) in [6, 6.07) is 2.29. The van der Waals surface area contributed by atoms with E-state index in [1.54, 1.807) is 0 Å². The van der Waals surface area contributed by atoms with Gasteiger partial charge in [0.2, 0.25) is 0 Å². The molecule has 0 spiro atoms. The van der Waals surface area contributed by atoms with Crippen LogP contribution >= 0.6 is 0 Å². The maximum atomic E-state index is 6.11. The lowest BCUT2D eigenvalue weighted by Gasteiger charge is -2.23. The van der Waals surface area contributed by atoms with E-state index in [9.17, 15) is 0 Å². The van der Waals surface area contributed by atoms with Crippen LogP contribution in [0.4, 0.5) is 0 Å². The second-order valence-corrected chi connectivity index (χ2v) is 4.73. The highest BCUT2D eigenvalue weighted by Gasteiger charge is 2.27. The predicted molar refractivity (Wildman–Crippen MR) is 57.2 cm³/mol. The summed E-state index contributed by atoms with van der Waals surface area (Å²) in [5.41, 5.74) is 7.44. The molecule has 1 heterocycles. The Hall–Kier alpha value is -0.760. The number of hydrogen-bond acceptors (Lipinski definition) is 2. The Bertz CT molecular complexity index is 327. The molecule has 0 aliphatic heterocycles. The summed E-state index contributed by atoms with van der Waals surface area (Å²) in [4.78, 5) is 0. The second-order valence-electron chi connectivity index (χ2n) is 4.73. The van der Waals surface area contributed by atoms with Crippen LogP contribution < -0.4 is 5.73 Å². The van der Waals surface area contributed by atoms with Crippen LogP contribution in [0, 0.1) is 5.92 Å². The average molecular weight is 193 g/mol. The van der Waals surface area contributed by atoms with Crippen LogP contribution in [0.2, 0.25) is 0 Å². The Morgan fingerprint density at radius 2 is 2.21 bits per heavy atom. The summed E-state index contributed by atoms with van der Waals surface area (Å²) in [7, 11) is 0. The first kappa shape index (κ1) is 9.78. The fourth-order valence-electron chi connectivity index (χ4n) is 2.05. The molecular weight excluding hydrogens is 174 g/mol. The summed E-state index contributed by atoms with van der Waals surface area (Å²) in [6.07, 6.45) is 2.31. The number of aryl methyl sites for hydroxylation is 1. The molecule has 2 nitrogen and oxygen atoms in total. The van der Waals surface area contributed by atoms with E-state index in [1.807, 2.05) is 0 Å². The minimum Gasteiger partial charge on any atom is -0.464 e. The lowest BCUT2D eigenvalue weighted by molar-refractivity contribution is 0.329. The molecule has 0 fully saturated rings. The van der Waals surface area contributed by atoms with Gasteiger partial charge in [0.1, 0.15) is 11.5 Å². The zero-order chi connectivity index (χ0) is 10.3. The molecule has 0 aromatic carbocycles. The Balaban J connectivity index is 2.36. The van der Waals surface area contributed by atoms with Gasteiger partial charge < -0.3 is 10.2 Å². The molecule has 0 saturated carbocycles. The van der Waals surface area contributed by atoms with Crippen LogP contribution in [0.15, 0.2) is 10.5 Å². The molecule has 0 radical (unpaired) electrons. The van der Waals surface area contributed by atoms with Crippen molar-refractivity contribution in [2.24, 2.45) is 11.7 Å². The topological polar surface area (TPSA) is 39.2 Å². The van der Waals surface area contributed by atoms with Crippen molar-refractivity contribution in [2.45, 2.75) is 45.6 Å². The first-order valence-electron chi connectivity index (χ1n) is 5.47. The van der Waals surface area contributed by atoms with Crippen molar-refractivity contribution >= 4 is 0 Å². The standard InChI is InChI=1S/C12H19NO/c1-7(2)10-6-9-5-4-8(3)11(13)12(9)14-10/h6-8,11H,4-5,13H2,1-3H3. The summed E-state index contributed by atoms with van der Waals surface area (Å²) >= 11 is 0. The molecule has 78 valence electrons. The molecule has 2 rings (SSSR count). The van der Waals surface area contributed by atoms with Crippen molar-refractivity contribution in [1.82, 2.24) is 0 Å². The highest BCUT2D eigenvalue weighted by molar-refractivity contribution is 5.28. The van der Waals surface area contributed by atoms with Gasteiger partial charge in [0, 0.05) is 5.92 Å². The van der Waals surface area contributed by atoms with Crippen molar-refractivity contribution in [3.05, 3.63) is 23.2 Å². The van der Waals surface area contributed by atoms with Gasteiger partial charge in [-0.1, -0.05) is 20.8 Å². The van der Waals surface area contributed by atoms with Crippen LogP contribution in [-0.2, 0) is 6.42 Å². The lowest BCUT2D eigenvalue weighted by Crippen LogP contribution is -2.24. The van der Waals surface area contributed by atoms with E-state index in [4.69, 9.17) is 10.2 Å². The highest BCUT2D eigenvalue weighted by atomic mass is 16.3. The Kier molecular flexibility index (Phi) is 2.40. The van der Waals surface area contributed by atoms with Crippen LogP contribution in [-0.4, -0.2) is 0 Å². The lowest BCUT2D eigenvalue weighted by atomic mass is 9.86. The van der Waals surface area contributed by atoms with Gasteiger partial charge in [0.15, 0.2) is 0 Å². The number of fused-ring (bicyclic) bond motifs is 1. The predicted octanol–water partition coefficient (Wildman–Crippen LogP) is 2.99. The van der Waals surface area contributed by atoms with E-state index in [0.29, 0.717) is 11.8 Å². The normalized spacial score (nSPS) is 26.6. The van der Waals surface area contributed by atoms with Gasteiger partial charge >= 0.3 is 0 Å². The summed E-state index contributed by atoms with van der Waals surface area (Å²) in [5, 5.41) is 0. The quantitative estimate of drug-likeness (QED) is 0.744. The average Bonchev–Trinajstić information content (AvgIpc) is 2.56. The summed E-state index contributed by atoms with van der Waals surface area (Å²) in [6.45, 7) is 6.50. The fourth-order valence-corrected chi connectivity index (χ4v) is 2.05. The van der Waals surface area contributed by atoms with Gasteiger partial charge in [-0.05, 0) is 30.4 Å². The van der Waals surface area contributed by atoms with Crippen molar-refractivity contribution < 1.29 is 4.42 Å². The molecule has 1 aliphatic rings. The first-order valence-corrected chi connectivity index (χ1v) is 5.47. The van der Waals surface area contributed by atoms with Gasteiger partial charge in [0.25, 0.3) is 0 Å². The number of rotatable bonds is 1. The van der Waals surface area contributed by atoms with E-state index in [1.165, 1.54) is 12.0 Å². The summed E-state index contributed by atoms with van der Waals surface area (Å²) in [5.74, 6) is 3.13. The smallest absolute Gasteiger partial charge is 0.124 e. The number of hydrogen-bond donors (Lipinski definition) is 1. The fraction of sp³-hybridized carbons (Fsp3) is 0.667.